The van der Waals surface area contributed by atoms with Gasteiger partial charge in [-0.05, 0) is 30.7 Å². The summed E-state index contributed by atoms with van der Waals surface area (Å²) in [6.45, 7) is 2.67. The lowest BCUT2D eigenvalue weighted by Crippen LogP contribution is -2.36. The molecule has 0 saturated carbocycles. The van der Waals surface area contributed by atoms with Gasteiger partial charge in [0.2, 0.25) is 5.43 Å². The number of hydrogen-bond donors (Lipinski definition) is 1. The monoisotopic (exact) mass is 333 g/mol. The van der Waals surface area contributed by atoms with E-state index in [-0.39, 0.29) is 11.1 Å². The summed E-state index contributed by atoms with van der Waals surface area (Å²) in [6.07, 6.45) is 5.55. The molecule has 1 aromatic heterocycles. The Hall–Kier alpha value is -2.14. The van der Waals surface area contributed by atoms with E-state index in [4.69, 9.17) is 11.6 Å². The Morgan fingerprint density at radius 3 is 2.57 bits per heavy atom. The van der Waals surface area contributed by atoms with Crippen molar-refractivity contribution in [2.75, 3.05) is 11.4 Å². The molecule has 1 amide bonds. The van der Waals surface area contributed by atoms with E-state index in [0.29, 0.717) is 17.3 Å². The summed E-state index contributed by atoms with van der Waals surface area (Å²) >= 11 is 5.91. The molecular weight excluding hydrogens is 314 g/mol. The van der Waals surface area contributed by atoms with Crippen LogP contribution in [-0.4, -0.2) is 22.6 Å². The van der Waals surface area contributed by atoms with E-state index in [0.717, 1.165) is 25.7 Å². The molecule has 0 bridgehead atoms. The number of anilines is 1. The third-order valence-electron chi connectivity index (χ3n) is 3.54. The molecule has 0 aliphatic heterocycles. The van der Waals surface area contributed by atoms with Gasteiger partial charge in [-0.1, -0.05) is 37.8 Å². The molecule has 5 nitrogen and oxygen atoms in total. The minimum Gasteiger partial charge on any atom is -0.307 e. The van der Waals surface area contributed by atoms with E-state index in [1.54, 1.807) is 29.2 Å². The van der Waals surface area contributed by atoms with Gasteiger partial charge in [-0.2, -0.15) is 5.10 Å². The number of unbranched alkanes of at least 4 members (excludes halogenated alkanes) is 3. The first-order valence-corrected chi connectivity index (χ1v) is 8.13. The van der Waals surface area contributed by atoms with E-state index in [1.165, 1.54) is 12.3 Å². The van der Waals surface area contributed by atoms with Gasteiger partial charge in [0.15, 0.2) is 5.69 Å². The van der Waals surface area contributed by atoms with Gasteiger partial charge in [0, 0.05) is 29.5 Å². The molecule has 0 radical (unpaired) electrons. The summed E-state index contributed by atoms with van der Waals surface area (Å²) in [5, 5.41) is 6.99. The molecule has 0 saturated heterocycles. The summed E-state index contributed by atoms with van der Waals surface area (Å²) in [7, 11) is 0. The third-order valence-corrected chi connectivity index (χ3v) is 3.79. The van der Waals surface area contributed by atoms with Crippen molar-refractivity contribution >= 4 is 23.2 Å². The molecule has 1 N–H and O–H groups in total. The number of aromatic amines is 1. The van der Waals surface area contributed by atoms with Crippen molar-refractivity contribution in [3.05, 3.63) is 57.5 Å². The first-order valence-electron chi connectivity index (χ1n) is 7.75. The Kier molecular flexibility index (Phi) is 6.35. The number of aromatic nitrogens is 2. The van der Waals surface area contributed by atoms with Crippen LogP contribution in [0.1, 0.15) is 43.1 Å². The van der Waals surface area contributed by atoms with Crippen LogP contribution in [0.25, 0.3) is 0 Å². The molecule has 0 fully saturated rings. The lowest BCUT2D eigenvalue weighted by molar-refractivity contribution is 0.0979. The van der Waals surface area contributed by atoms with Crippen LogP contribution in [0.4, 0.5) is 5.69 Å². The highest BCUT2D eigenvalue weighted by Gasteiger charge is 2.21. The molecule has 0 aliphatic carbocycles. The summed E-state index contributed by atoms with van der Waals surface area (Å²) in [5.41, 5.74) is 0.222. The van der Waals surface area contributed by atoms with E-state index in [9.17, 15) is 9.59 Å². The Balaban J connectivity index is 2.25. The molecule has 0 aliphatic rings. The highest BCUT2D eigenvalue weighted by Crippen LogP contribution is 2.20. The van der Waals surface area contributed by atoms with Crippen molar-refractivity contribution in [1.29, 1.82) is 0 Å². The highest BCUT2D eigenvalue weighted by molar-refractivity contribution is 6.30. The van der Waals surface area contributed by atoms with Crippen molar-refractivity contribution in [3.8, 4) is 0 Å². The molecular formula is C17H20ClN3O2. The first-order chi connectivity index (χ1) is 11.1. The Morgan fingerprint density at radius 2 is 1.91 bits per heavy atom. The number of halogens is 1. The fraction of sp³-hybridized carbons (Fsp3) is 0.353. The number of carbonyl (C=O) groups is 1. The number of amides is 1. The minimum absolute atomic E-state index is 0.0991. The molecule has 6 heteroatoms. The predicted molar refractivity (Wildman–Crippen MR) is 92.1 cm³/mol. The normalized spacial score (nSPS) is 10.5. The number of hydrogen-bond acceptors (Lipinski definition) is 3. The van der Waals surface area contributed by atoms with Gasteiger partial charge in [0.05, 0.1) is 0 Å². The molecule has 0 unspecified atom stereocenters. The fourth-order valence-corrected chi connectivity index (χ4v) is 2.42. The average Bonchev–Trinajstić information content (AvgIpc) is 2.56. The maximum atomic E-state index is 12.7. The van der Waals surface area contributed by atoms with E-state index >= 15 is 0 Å². The van der Waals surface area contributed by atoms with Crippen LogP contribution in [0.15, 0.2) is 41.3 Å². The van der Waals surface area contributed by atoms with Crippen molar-refractivity contribution in [3.63, 3.8) is 0 Å². The van der Waals surface area contributed by atoms with Gasteiger partial charge >= 0.3 is 0 Å². The Labute approximate surface area is 140 Å². The molecule has 122 valence electrons. The van der Waals surface area contributed by atoms with Crippen LogP contribution >= 0.6 is 11.6 Å². The number of rotatable bonds is 7. The van der Waals surface area contributed by atoms with Gasteiger partial charge in [0.1, 0.15) is 0 Å². The second-order valence-corrected chi connectivity index (χ2v) is 5.72. The molecule has 2 aromatic rings. The zero-order chi connectivity index (χ0) is 16.7. The molecule has 23 heavy (non-hydrogen) atoms. The Morgan fingerprint density at radius 1 is 1.17 bits per heavy atom. The van der Waals surface area contributed by atoms with Crippen molar-refractivity contribution in [2.24, 2.45) is 0 Å². The lowest BCUT2D eigenvalue weighted by atomic mass is 10.1. The minimum atomic E-state index is -0.398. The topological polar surface area (TPSA) is 66.1 Å². The second kappa shape index (κ2) is 8.48. The first kappa shape index (κ1) is 17.2. The summed E-state index contributed by atoms with van der Waals surface area (Å²) in [6, 6.07) is 8.31. The smallest absolute Gasteiger partial charge is 0.282 e. The van der Waals surface area contributed by atoms with Gasteiger partial charge in [-0.15, -0.1) is 0 Å². The van der Waals surface area contributed by atoms with Crippen LogP contribution < -0.4 is 10.3 Å². The molecule has 1 heterocycles. The van der Waals surface area contributed by atoms with Gasteiger partial charge in [-0.25, -0.2) is 0 Å². The molecule has 2 rings (SSSR count). The standard InChI is InChI=1S/C17H20ClN3O2/c1-2-3-4-5-12-21(14-8-6-13(18)7-9-14)17(23)16-15(22)10-11-19-20-16/h6-11H,2-5,12H2,1H3,(H,19,22). The van der Waals surface area contributed by atoms with E-state index in [1.807, 2.05) is 0 Å². The van der Waals surface area contributed by atoms with Crippen LogP contribution in [0.3, 0.4) is 0 Å². The lowest BCUT2D eigenvalue weighted by Gasteiger charge is -2.22. The largest absolute Gasteiger partial charge is 0.307 e. The average molecular weight is 334 g/mol. The second-order valence-electron chi connectivity index (χ2n) is 5.28. The van der Waals surface area contributed by atoms with Crippen molar-refractivity contribution in [2.45, 2.75) is 32.6 Å². The maximum Gasteiger partial charge on any atom is 0.282 e. The third kappa shape index (κ3) is 4.66. The number of H-pyrrole nitrogens is 1. The van der Waals surface area contributed by atoms with Crippen LogP contribution in [-0.2, 0) is 0 Å². The summed E-state index contributed by atoms with van der Waals surface area (Å²) in [5.74, 6) is -0.398. The van der Waals surface area contributed by atoms with E-state index in [2.05, 4.69) is 17.1 Å². The zero-order valence-electron chi connectivity index (χ0n) is 13.1. The van der Waals surface area contributed by atoms with Crippen LogP contribution in [0.2, 0.25) is 5.02 Å². The van der Waals surface area contributed by atoms with Gasteiger partial charge in [0.25, 0.3) is 5.91 Å². The predicted octanol–water partition coefficient (Wildman–Crippen LogP) is 3.65. The zero-order valence-corrected chi connectivity index (χ0v) is 13.8. The maximum absolute atomic E-state index is 12.7. The van der Waals surface area contributed by atoms with Gasteiger partial charge < -0.3 is 4.90 Å². The van der Waals surface area contributed by atoms with Crippen molar-refractivity contribution in [1.82, 2.24) is 10.2 Å². The number of nitrogens with zero attached hydrogens (tertiary/aromatic N) is 2. The fourth-order valence-electron chi connectivity index (χ4n) is 2.30. The summed E-state index contributed by atoms with van der Waals surface area (Å²) in [4.78, 5) is 26.2. The summed E-state index contributed by atoms with van der Waals surface area (Å²) < 4.78 is 0. The SMILES string of the molecule is CCCCCCN(C(=O)c1n[nH]ccc1=O)c1ccc(Cl)cc1. The Bertz CT molecular complexity index is 697. The van der Waals surface area contributed by atoms with Crippen LogP contribution in [0.5, 0.6) is 0 Å². The van der Waals surface area contributed by atoms with Gasteiger partial charge in [-0.3, -0.25) is 14.7 Å². The highest BCUT2D eigenvalue weighted by atomic mass is 35.5. The molecule has 0 atom stereocenters. The van der Waals surface area contributed by atoms with Crippen molar-refractivity contribution < 1.29 is 4.79 Å². The number of carbonyl (C=O) groups excluding carboxylic acids is 1. The number of nitrogens with one attached hydrogen (secondary N) is 1. The quantitative estimate of drug-likeness (QED) is 0.786. The molecule has 1 aromatic carbocycles. The van der Waals surface area contributed by atoms with Crippen LogP contribution in [0, 0.1) is 0 Å². The molecule has 0 spiro atoms. The number of benzene rings is 1. The van der Waals surface area contributed by atoms with E-state index < -0.39 is 5.91 Å².